The fourth-order valence-electron chi connectivity index (χ4n) is 4.25. The fraction of sp³-hybridized carbons (Fsp3) is 0.300. The molecule has 0 aliphatic heterocycles. The number of rotatable bonds is 13. The zero-order chi connectivity index (χ0) is 27.6. The molecule has 4 rings (SSSR count). The summed E-state index contributed by atoms with van der Waals surface area (Å²) in [6, 6.07) is 22.1. The smallest absolute Gasteiger partial charge is 0.269 e. The summed E-state index contributed by atoms with van der Waals surface area (Å²) in [7, 11) is 0. The van der Waals surface area contributed by atoms with Crippen LogP contribution in [0.4, 0.5) is 5.69 Å². The van der Waals surface area contributed by atoms with Crippen LogP contribution in [0.1, 0.15) is 65.5 Å². The quantitative estimate of drug-likeness (QED) is 0.0858. The van der Waals surface area contributed by atoms with Gasteiger partial charge in [0.25, 0.3) is 11.6 Å². The molecule has 0 aliphatic rings. The molecular formula is C30H33N5O3S. The number of non-ortho nitro benzene ring substituents is 1. The molecule has 0 atom stereocenters. The van der Waals surface area contributed by atoms with Crippen molar-refractivity contribution in [3.05, 3.63) is 111 Å². The molecule has 0 spiro atoms. The van der Waals surface area contributed by atoms with Crippen molar-refractivity contribution in [3.63, 3.8) is 0 Å². The summed E-state index contributed by atoms with van der Waals surface area (Å²) in [5, 5.41) is 23.5. The zero-order valence-corrected chi connectivity index (χ0v) is 23.1. The van der Waals surface area contributed by atoms with E-state index in [1.807, 2.05) is 41.0 Å². The molecule has 1 heterocycles. The number of nitrogens with zero attached hydrogens (tertiary/aromatic N) is 4. The first kappa shape index (κ1) is 28.0. The predicted molar refractivity (Wildman–Crippen MR) is 154 cm³/mol. The van der Waals surface area contributed by atoms with Gasteiger partial charge in [0.15, 0.2) is 11.0 Å². The lowest BCUT2D eigenvalue weighted by atomic mass is 10.0. The van der Waals surface area contributed by atoms with Gasteiger partial charge in [-0.3, -0.25) is 19.5 Å². The Labute approximate surface area is 233 Å². The fourth-order valence-corrected chi connectivity index (χ4v) is 5.29. The Kier molecular flexibility index (Phi) is 9.85. The Bertz CT molecular complexity index is 1400. The number of amides is 1. The predicted octanol–water partition coefficient (Wildman–Crippen LogP) is 6.83. The number of carbonyl (C=O) groups excluding carboxylic acids is 1. The Hall–Kier alpha value is -3.98. The van der Waals surface area contributed by atoms with Crippen LogP contribution >= 0.6 is 11.8 Å². The molecule has 0 saturated carbocycles. The van der Waals surface area contributed by atoms with Crippen LogP contribution in [0.3, 0.4) is 0 Å². The number of unbranched alkanes of at least 4 members (excludes halogenated alkanes) is 3. The number of aromatic nitrogens is 3. The first-order valence-corrected chi connectivity index (χ1v) is 14.2. The normalized spacial score (nSPS) is 10.9. The Balaban J connectivity index is 1.49. The van der Waals surface area contributed by atoms with Crippen LogP contribution in [0, 0.1) is 17.0 Å². The van der Waals surface area contributed by atoms with Crippen molar-refractivity contribution >= 4 is 23.4 Å². The molecule has 0 fully saturated rings. The van der Waals surface area contributed by atoms with Gasteiger partial charge in [0, 0.05) is 29.1 Å². The molecule has 0 saturated heterocycles. The molecule has 0 aliphatic carbocycles. The average molecular weight is 544 g/mol. The maximum absolute atomic E-state index is 12.9. The Morgan fingerprint density at radius 3 is 2.41 bits per heavy atom. The van der Waals surface area contributed by atoms with Gasteiger partial charge in [0.1, 0.15) is 0 Å². The second-order valence-electron chi connectivity index (χ2n) is 9.41. The number of aryl methyl sites for hydroxylation is 2. The van der Waals surface area contributed by atoms with Gasteiger partial charge in [-0.15, -0.1) is 10.2 Å². The molecule has 1 aromatic heterocycles. The molecule has 202 valence electrons. The summed E-state index contributed by atoms with van der Waals surface area (Å²) in [5.74, 6) is 1.03. The molecule has 1 N–H and O–H groups in total. The third-order valence-corrected chi connectivity index (χ3v) is 7.56. The summed E-state index contributed by atoms with van der Waals surface area (Å²) < 4.78 is 1.84. The van der Waals surface area contributed by atoms with E-state index in [2.05, 4.69) is 41.5 Å². The minimum absolute atomic E-state index is 0.00426. The molecule has 1 amide bonds. The SMILES string of the molecule is CCCCCCc1ccc(C(=O)NCc2nnc(SCc3ccccc3C)n2-c2ccc([N+](=O)[O-])cc2)cc1. The summed E-state index contributed by atoms with van der Waals surface area (Å²) in [6.07, 6.45) is 5.85. The molecule has 39 heavy (non-hydrogen) atoms. The van der Waals surface area contributed by atoms with Crippen LogP contribution < -0.4 is 5.32 Å². The van der Waals surface area contributed by atoms with Crippen molar-refractivity contribution in [1.29, 1.82) is 0 Å². The first-order valence-electron chi connectivity index (χ1n) is 13.2. The van der Waals surface area contributed by atoms with Crippen LogP contribution in [0.2, 0.25) is 0 Å². The van der Waals surface area contributed by atoms with Gasteiger partial charge >= 0.3 is 0 Å². The van der Waals surface area contributed by atoms with E-state index in [-0.39, 0.29) is 18.1 Å². The lowest BCUT2D eigenvalue weighted by Crippen LogP contribution is -2.24. The van der Waals surface area contributed by atoms with Crippen molar-refractivity contribution in [2.24, 2.45) is 0 Å². The van der Waals surface area contributed by atoms with Gasteiger partial charge < -0.3 is 5.32 Å². The molecule has 8 nitrogen and oxygen atoms in total. The van der Waals surface area contributed by atoms with Crippen LogP contribution in [0.15, 0.2) is 78.0 Å². The highest BCUT2D eigenvalue weighted by Crippen LogP contribution is 2.27. The highest BCUT2D eigenvalue weighted by Gasteiger charge is 2.17. The number of nitro benzene ring substituents is 1. The average Bonchev–Trinajstić information content (AvgIpc) is 3.36. The van der Waals surface area contributed by atoms with E-state index in [0.29, 0.717) is 28.0 Å². The maximum atomic E-state index is 12.9. The zero-order valence-electron chi connectivity index (χ0n) is 22.3. The van der Waals surface area contributed by atoms with E-state index in [0.717, 1.165) is 12.8 Å². The summed E-state index contributed by atoms with van der Waals surface area (Å²) in [5.41, 5.74) is 4.88. The maximum Gasteiger partial charge on any atom is 0.269 e. The lowest BCUT2D eigenvalue weighted by Gasteiger charge is -2.12. The van der Waals surface area contributed by atoms with E-state index in [1.54, 1.807) is 12.1 Å². The van der Waals surface area contributed by atoms with Crippen LogP contribution in [-0.4, -0.2) is 25.6 Å². The van der Waals surface area contributed by atoms with Gasteiger partial charge in [0.05, 0.1) is 11.5 Å². The largest absolute Gasteiger partial charge is 0.345 e. The molecule has 0 bridgehead atoms. The van der Waals surface area contributed by atoms with Gasteiger partial charge in [-0.2, -0.15) is 0 Å². The van der Waals surface area contributed by atoms with Gasteiger partial charge in [-0.05, 0) is 60.7 Å². The standard InChI is InChI=1S/C30H33N5O3S/c1-3-4-5-6-10-23-12-14-24(15-13-23)29(36)31-20-28-32-33-30(39-21-25-11-8-7-9-22(25)2)34(28)26-16-18-27(19-17-26)35(37)38/h7-9,11-19H,3-6,10,20-21H2,1-2H3,(H,31,36). The molecule has 3 aromatic carbocycles. The number of carbonyl (C=O) groups is 1. The third kappa shape index (κ3) is 7.54. The van der Waals surface area contributed by atoms with E-state index in [9.17, 15) is 14.9 Å². The second kappa shape index (κ2) is 13.7. The molecule has 0 unspecified atom stereocenters. The number of hydrogen-bond donors (Lipinski definition) is 1. The number of benzene rings is 3. The molecular weight excluding hydrogens is 510 g/mol. The highest BCUT2D eigenvalue weighted by atomic mass is 32.2. The second-order valence-corrected chi connectivity index (χ2v) is 10.4. The minimum Gasteiger partial charge on any atom is -0.345 e. The number of nitro groups is 1. The van der Waals surface area contributed by atoms with Crippen molar-refractivity contribution in [3.8, 4) is 5.69 Å². The number of hydrogen-bond acceptors (Lipinski definition) is 6. The molecule has 4 aromatic rings. The molecule has 0 radical (unpaired) electrons. The van der Waals surface area contributed by atoms with Crippen molar-refractivity contribution in [2.45, 2.75) is 63.4 Å². The van der Waals surface area contributed by atoms with Crippen molar-refractivity contribution < 1.29 is 9.72 Å². The lowest BCUT2D eigenvalue weighted by molar-refractivity contribution is -0.384. The van der Waals surface area contributed by atoms with Crippen molar-refractivity contribution in [1.82, 2.24) is 20.1 Å². The summed E-state index contributed by atoms with van der Waals surface area (Å²) in [6.45, 7) is 4.43. The van der Waals surface area contributed by atoms with Gasteiger partial charge in [0.2, 0.25) is 0 Å². The number of thioether (sulfide) groups is 1. The summed E-state index contributed by atoms with van der Waals surface area (Å²) >= 11 is 1.52. The Morgan fingerprint density at radius 1 is 0.974 bits per heavy atom. The van der Waals surface area contributed by atoms with E-state index >= 15 is 0 Å². The van der Waals surface area contributed by atoms with Gasteiger partial charge in [-0.25, -0.2) is 0 Å². The van der Waals surface area contributed by atoms with E-state index in [1.165, 1.54) is 59.8 Å². The monoisotopic (exact) mass is 543 g/mol. The van der Waals surface area contributed by atoms with E-state index < -0.39 is 4.92 Å². The topological polar surface area (TPSA) is 103 Å². The van der Waals surface area contributed by atoms with Gasteiger partial charge in [-0.1, -0.05) is 74.3 Å². The van der Waals surface area contributed by atoms with Crippen LogP contribution in [0.5, 0.6) is 0 Å². The van der Waals surface area contributed by atoms with Crippen LogP contribution in [-0.2, 0) is 18.7 Å². The summed E-state index contributed by atoms with van der Waals surface area (Å²) in [4.78, 5) is 23.6. The first-order chi connectivity index (χ1) is 19.0. The minimum atomic E-state index is -0.429. The number of nitrogens with one attached hydrogen (secondary N) is 1. The van der Waals surface area contributed by atoms with E-state index in [4.69, 9.17) is 0 Å². The third-order valence-electron chi connectivity index (χ3n) is 6.58. The van der Waals surface area contributed by atoms with Crippen LogP contribution in [0.25, 0.3) is 5.69 Å². The molecule has 9 heteroatoms. The Morgan fingerprint density at radius 2 is 1.72 bits per heavy atom. The highest BCUT2D eigenvalue weighted by molar-refractivity contribution is 7.98. The van der Waals surface area contributed by atoms with Crippen molar-refractivity contribution in [2.75, 3.05) is 0 Å².